The van der Waals surface area contributed by atoms with Gasteiger partial charge in [0, 0.05) is 61.6 Å². The van der Waals surface area contributed by atoms with Gasteiger partial charge in [-0.25, -0.2) is 22.0 Å². The van der Waals surface area contributed by atoms with Crippen molar-refractivity contribution in [3.8, 4) is 23.3 Å². The second-order valence-corrected chi connectivity index (χ2v) is 16.8. The number of halogens is 5. The van der Waals surface area contributed by atoms with E-state index in [1.54, 1.807) is 9.80 Å². The van der Waals surface area contributed by atoms with Crippen molar-refractivity contribution in [2.75, 3.05) is 43.4 Å². The third kappa shape index (κ3) is 4.97. The highest BCUT2D eigenvalue weighted by Crippen LogP contribution is 2.52. The number of thiophene rings is 1. The average Bonchev–Trinajstić information content (AvgIpc) is 3.93. The molecule has 3 aromatic heterocycles. The summed E-state index contributed by atoms with van der Waals surface area (Å²) in [5, 5.41) is 10.1. The number of nitriles is 1. The zero-order valence-electron chi connectivity index (χ0n) is 29.0. The molecule has 4 aliphatic heterocycles. The molecule has 11 nitrogen and oxygen atoms in total. The van der Waals surface area contributed by atoms with Crippen LogP contribution in [0.2, 0.25) is 0 Å². The number of amides is 1. The Labute approximate surface area is 309 Å². The molecule has 282 valence electrons. The fourth-order valence-electron chi connectivity index (χ4n) is 9.69. The minimum Gasteiger partial charge on any atom is -0.461 e. The number of hydrogen-bond donors (Lipinski definition) is 1. The summed E-state index contributed by atoms with van der Waals surface area (Å²) in [6.45, 7) is 1.37. The first-order chi connectivity index (χ1) is 25.9. The van der Waals surface area contributed by atoms with Gasteiger partial charge in [0.2, 0.25) is 5.91 Å². The van der Waals surface area contributed by atoms with E-state index in [4.69, 9.17) is 15.5 Å². The first kappa shape index (κ1) is 34.0. The van der Waals surface area contributed by atoms with Crippen molar-refractivity contribution in [1.82, 2.24) is 24.3 Å². The molecule has 5 atom stereocenters. The molecule has 2 N–H and O–H groups in total. The Bertz CT molecular complexity index is 2380. The van der Waals surface area contributed by atoms with Crippen molar-refractivity contribution in [3.05, 3.63) is 39.7 Å². The summed E-state index contributed by atoms with van der Waals surface area (Å²) in [7, 11) is 0. The monoisotopic (exact) mass is 766 g/mol. The van der Waals surface area contributed by atoms with Crippen LogP contribution in [0.1, 0.15) is 63.0 Å². The standard InChI is InChI=1S/C37H35F5N8O3S/c38-17-10-36(8-1-9-48(36)13-17)16-53-35-45-28-26(32(46-35)47-14-19-4-5-20(15-47)49(19)33(51)23-11-37(23,41)42)34(52)50(18-2-3-18)29(27(28)40)21-6-7-24(39)30-25(21)22(12-43)31(44)54-30/h6-7,17-20,23H,1-5,8-11,13-16,44H2/t17-,19?,20?,23?,36+/m1/s1. The number of nitrogens with two attached hydrogens (primary N) is 1. The smallest absolute Gasteiger partial charge is 0.319 e. The van der Waals surface area contributed by atoms with Crippen molar-refractivity contribution >= 4 is 49.1 Å². The Morgan fingerprint density at radius 3 is 2.46 bits per heavy atom. The molecular weight excluding hydrogens is 732 g/mol. The van der Waals surface area contributed by atoms with Crippen LogP contribution in [0.25, 0.3) is 32.2 Å². The van der Waals surface area contributed by atoms with Gasteiger partial charge in [-0.3, -0.25) is 14.5 Å². The molecule has 6 fully saturated rings. The Balaban J connectivity index is 1.14. The molecule has 1 amide bonds. The summed E-state index contributed by atoms with van der Waals surface area (Å²) in [6, 6.07) is 3.03. The summed E-state index contributed by atoms with van der Waals surface area (Å²) in [5.74, 6) is -6.37. The van der Waals surface area contributed by atoms with E-state index in [0.717, 1.165) is 30.4 Å². The van der Waals surface area contributed by atoms with Crippen LogP contribution in [0, 0.1) is 28.9 Å². The third-order valence-corrected chi connectivity index (χ3v) is 13.5. The lowest BCUT2D eigenvalue weighted by atomic mass is 9.95. The Morgan fingerprint density at radius 1 is 1.06 bits per heavy atom. The van der Waals surface area contributed by atoms with E-state index < -0.39 is 71.2 Å². The van der Waals surface area contributed by atoms with Gasteiger partial charge in [-0.05, 0) is 57.2 Å². The highest BCUT2D eigenvalue weighted by Gasteiger charge is 2.64. The van der Waals surface area contributed by atoms with Gasteiger partial charge in [0.15, 0.2) is 5.82 Å². The van der Waals surface area contributed by atoms with Crippen molar-refractivity contribution in [1.29, 1.82) is 5.26 Å². The predicted octanol–water partition coefficient (Wildman–Crippen LogP) is 5.53. The van der Waals surface area contributed by atoms with E-state index in [0.29, 0.717) is 32.1 Å². The third-order valence-electron chi connectivity index (χ3n) is 12.4. The molecule has 2 saturated carbocycles. The highest BCUT2D eigenvalue weighted by molar-refractivity contribution is 7.23. The zero-order chi connectivity index (χ0) is 37.4. The summed E-state index contributed by atoms with van der Waals surface area (Å²) < 4.78 is 83.0. The van der Waals surface area contributed by atoms with Gasteiger partial charge in [0.05, 0.1) is 21.5 Å². The number of nitrogen functional groups attached to an aromatic ring is 1. The first-order valence-corrected chi connectivity index (χ1v) is 19.2. The molecule has 0 radical (unpaired) electrons. The van der Waals surface area contributed by atoms with E-state index in [-0.39, 0.29) is 87.3 Å². The topological polar surface area (TPSA) is 134 Å². The lowest BCUT2D eigenvalue weighted by Gasteiger charge is -2.42. The number of hydrogen-bond acceptors (Lipinski definition) is 10. The SMILES string of the molecule is N#Cc1c(N)sc2c(F)ccc(-c3c(F)c4nc(OC[C@@]56CCCN5C[C@H](F)C6)nc(N5CC6CCC(C5)N6C(=O)C5CC5(F)F)c4c(=O)n3C3CC3)c12. The van der Waals surface area contributed by atoms with Gasteiger partial charge >= 0.3 is 6.01 Å². The largest absolute Gasteiger partial charge is 0.461 e. The Morgan fingerprint density at radius 2 is 1.78 bits per heavy atom. The lowest BCUT2D eigenvalue weighted by molar-refractivity contribution is -0.138. The number of pyridine rings is 1. The van der Waals surface area contributed by atoms with Crippen LogP contribution in [-0.2, 0) is 4.79 Å². The number of fused-ring (bicyclic) bond motifs is 5. The van der Waals surface area contributed by atoms with Gasteiger partial charge in [0.25, 0.3) is 11.5 Å². The maximum absolute atomic E-state index is 17.6. The van der Waals surface area contributed by atoms with Crippen LogP contribution >= 0.6 is 11.3 Å². The Hall–Kier alpha value is -4.56. The number of nitrogens with zero attached hydrogens (tertiary/aromatic N) is 7. The van der Waals surface area contributed by atoms with E-state index in [1.165, 1.54) is 10.6 Å². The maximum Gasteiger partial charge on any atom is 0.319 e. The van der Waals surface area contributed by atoms with Gasteiger partial charge in [-0.1, -0.05) is 0 Å². The van der Waals surface area contributed by atoms with Crippen molar-refractivity contribution in [2.24, 2.45) is 5.92 Å². The Kier molecular flexibility index (Phi) is 7.37. The van der Waals surface area contributed by atoms with Crippen LogP contribution < -0.4 is 20.9 Å². The molecule has 0 spiro atoms. The number of alkyl halides is 3. The fourth-order valence-corrected chi connectivity index (χ4v) is 10.6. The van der Waals surface area contributed by atoms with E-state index in [9.17, 15) is 28.0 Å². The van der Waals surface area contributed by atoms with Gasteiger partial charge in [0.1, 0.15) is 52.3 Å². The number of carbonyl (C=O) groups excluding carboxylic acids is 1. The summed E-state index contributed by atoms with van der Waals surface area (Å²) in [5.41, 5.74) is 4.53. The summed E-state index contributed by atoms with van der Waals surface area (Å²) in [4.78, 5) is 42.7. The summed E-state index contributed by atoms with van der Waals surface area (Å²) in [6.07, 6.45) is 2.61. The van der Waals surface area contributed by atoms with Crippen LogP contribution in [0.15, 0.2) is 16.9 Å². The van der Waals surface area contributed by atoms with Crippen molar-refractivity contribution in [2.45, 2.75) is 87.1 Å². The van der Waals surface area contributed by atoms with Crippen molar-refractivity contribution < 1.29 is 31.5 Å². The van der Waals surface area contributed by atoms with Crippen LogP contribution in [0.5, 0.6) is 6.01 Å². The number of piperazine rings is 1. The van der Waals surface area contributed by atoms with Gasteiger partial charge in [-0.15, -0.1) is 11.3 Å². The van der Waals surface area contributed by atoms with Crippen LogP contribution in [0.3, 0.4) is 0 Å². The molecule has 4 aromatic rings. The van der Waals surface area contributed by atoms with E-state index >= 15 is 8.78 Å². The number of aromatic nitrogens is 3. The number of carbonyl (C=O) groups is 1. The fraction of sp³-hybridized carbons (Fsp3) is 0.541. The summed E-state index contributed by atoms with van der Waals surface area (Å²) >= 11 is 0.864. The second-order valence-electron chi connectivity index (χ2n) is 15.8. The zero-order valence-corrected chi connectivity index (χ0v) is 29.8. The quantitative estimate of drug-likeness (QED) is 0.241. The van der Waals surface area contributed by atoms with Gasteiger partial charge < -0.3 is 24.8 Å². The molecule has 4 saturated heterocycles. The minimum atomic E-state index is -3.01. The number of anilines is 2. The maximum atomic E-state index is 17.6. The van der Waals surface area contributed by atoms with Crippen LogP contribution in [0.4, 0.5) is 32.8 Å². The van der Waals surface area contributed by atoms with E-state index in [2.05, 4.69) is 9.88 Å². The normalized spacial score (nSPS) is 28.6. The molecule has 10 rings (SSSR count). The van der Waals surface area contributed by atoms with Crippen LogP contribution in [-0.4, -0.2) is 92.7 Å². The molecule has 7 heterocycles. The first-order valence-electron chi connectivity index (χ1n) is 18.4. The molecule has 3 unspecified atom stereocenters. The molecule has 6 aliphatic rings. The molecule has 1 aromatic carbocycles. The highest BCUT2D eigenvalue weighted by atomic mass is 32.1. The molecule has 17 heteroatoms. The minimum absolute atomic E-state index is 0.0267. The number of benzene rings is 1. The lowest BCUT2D eigenvalue weighted by Crippen LogP contribution is -2.57. The average molecular weight is 767 g/mol. The van der Waals surface area contributed by atoms with Gasteiger partial charge in [-0.2, -0.15) is 15.2 Å². The number of ether oxygens (including phenoxy) is 1. The van der Waals surface area contributed by atoms with E-state index in [1.807, 2.05) is 6.07 Å². The predicted molar refractivity (Wildman–Crippen MR) is 189 cm³/mol. The van der Waals surface area contributed by atoms with Crippen molar-refractivity contribution in [3.63, 3.8) is 0 Å². The number of rotatable bonds is 7. The molecule has 2 bridgehead atoms. The molecule has 54 heavy (non-hydrogen) atoms. The molecule has 2 aliphatic carbocycles. The second kappa shape index (κ2) is 11.7. The molecular formula is C37H35F5N8O3S.